The maximum atomic E-state index is 11.1. The quantitative estimate of drug-likeness (QED) is 0.302. The fourth-order valence-electron chi connectivity index (χ4n) is 2.95. The van der Waals surface area contributed by atoms with E-state index in [-0.39, 0.29) is 11.3 Å². The summed E-state index contributed by atoms with van der Waals surface area (Å²) >= 11 is 0. The summed E-state index contributed by atoms with van der Waals surface area (Å²) in [7, 11) is 0. The van der Waals surface area contributed by atoms with Gasteiger partial charge in [0.05, 0.1) is 22.4 Å². The number of rotatable bonds is 5. The first-order chi connectivity index (χ1) is 15.0. The fraction of sp³-hybridized carbons (Fsp3) is 0.0833. The van der Waals surface area contributed by atoms with E-state index in [1.165, 1.54) is 24.3 Å². The third kappa shape index (κ3) is 4.84. The topological polar surface area (TPSA) is 106 Å². The van der Waals surface area contributed by atoms with Crippen molar-refractivity contribution in [1.29, 1.82) is 0 Å². The van der Waals surface area contributed by atoms with Crippen LogP contribution in [0.25, 0.3) is 33.8 Å². The molecule has 0 fully saturated rings. The van der Waals surface area contributed by atoms with Crippen LogP contribution in [-0.2, 0) is 0 Å². The van der Waals surface area contributed by atoms with Gasteiger partial charge in [0.2, 0.25) is 0 Å². The van der Waals surface area contributed by atoms with Crippen molar-refractivity contribution in [2.75, 3.05) is 0 Å². The number of aromatic nitrogens is 1. The molecule has 0 aliphatic heterocycles. The molecule has 0 radical (unpaired) electrons. The van der Waals surface area contributed by atoms with E-state index < -0.39 is 10.9 Å². The van der Waals surface area contributed by atoms with E-state index in [2.05, 4.69) is 4.98 Å². The molecule has 0 aliphatic rings. The third-order valence-corrected chi connectivity index (χ3v) is 4.44. The Morgan fingerprint density at radius 3 is 2.06 bits per heavy atom. The van der Waals surface area contributed by atoms with Gasteiger partial charge in [-0.2, -0.15) is 0 Å². The van der Waals surface area contributed by atoms with Crippen LogP contribution in [0.1, 0.15) is 24.2 Å². The lowest BCUT2D eigenvalue weighted by atomic mass is 10.0. The van der Waals surface area contributed by atoms with Crippen molar-refractivity contribution in [2.45, 2.75) is 13.8 Å². The first-order valence-corrected chi connectivity index (χ1v) is 9.66. The highest BCUT2D eigenvalue weighted by atomic mass is 16.6. The maximum Gasteiger partial charge on any atom is 0.335 e. The van der Waals surface area contributed by atoms with Crippen molar-refractivity contribution in [3.63, 3.8) is 0 Å². The summed E-state index contributed by atoms with van der Waals surface area (Å²) in [4.78, 5) is 26.2. The van der Waals surface area contributed by atoms with Gasteiger partial charge in [-0.25, -0.2) is 9.78 Å². The minimum Gasteiger partial charge on any atom is -0.478 e. The van der Waals surface area contributed by atoms with Crippen molar-refractivity contribution in [3.8, 4) is 33.8 Å². The Hall–Kier alpha value is -4.26. The molecule has 0 spiro atoms. The highest BCUT2D eigenvalue weighted by Crippen LogP contribution is 2.31. The standard InChI is InChI=1S/C22H14N2O5.C2H6/c25-22(26)16-5-3-14(4-6-16)17-12-19(15-7-9-18(10-8-15)24(27)28)23-20(13-17)21-2-1-11-29-21;1-2/h1-13H,(H,25,26);1-2H3. The van der Waals surface area contributed by atoms with E-state index in [0.29, 0.717) is 22.7 Å². The van der Waals surface area contributed by atoms with Crippen LogP contribution in [0.5, 0.6) is 0 Å². The smallest absolute Gasteiger partial charge is 0.335 e. The number of aromatic carboxylic acids is 1. The second-order valence-corrected chi connectivity index (χ2v) is 6.29. The highest BCUT2D eigenvalue weighted by Gasteiger charge is 2.12. The van der Waals surface area contributed by atoms with Gasteiger partial charge in [0.25, 0.3) is 5.69 Å². The molecule has 2 aromatic heterocycles. The van der Waals surface area contributed by atoms with Crippen molar-refractivity contribution < 1.29 is 19.2 Å². The lowest BCUT2D eigenvalue weighted by molar-refractivity contribution is -0.384. The summed E-state index contributed by atoms with van der Waals surface area (Å²) in [5, 5.41) is 20.0. The monoisotopic (exact) mass is 416 g/mol. The molecule has 1 N–H and O–H groups in total. The summed E-state index contributed by atoms with van der Waals surface area (Å²) in [5.41, 5.74) is 3.76. The van der Waals surface area contributed by atoms with Crippen LogP contribution < -0.4 is 0 Å². The molecule has 4 aromatic rings. The summed E-state index contributed by atoms with van der Waals surface area (Å²) < 4.78 is 5.47. The Morgan fingerprint density at radius 1 is 0.903 bits per heavy atom. The molecule has 0 aliphatic carbocycles. The van der Waals surface area contributed by atoms with E-state index in [4.69, 9.17) is 9.52 Å². The van der Waals surface area contributed by atoms with Gasteiger partial charge in [0.15, 0.2) is 5.76 Å². The van der Waals surface area contributed by atoms with Crippen LogP contribution in [0.3, 0.4) is 0 Å². The molecule has 0 unspecified atom stereocenters. The minimum absolute atomic E-state index is 0.000391. The van der Waals surface area contributed by atoms with Gasteiger partial charge in [-0.15, -0.1) is 0 Å². The van der Waals surface area contributed by atoms with E-state index in [9.17, 15) is 14.9 Å². The first kappa shape index (κ1) is 21.4. The number of hydrogen-bond acceptors (Lipinski definition) is 5. The van der Waals surface area contributed by atoms with E-state index >= 15 is 0 Å². The zero-order chi connectivity index (χ0) is 22.4. The number of nitro groups is 1. The summed E-state index contributed by atoms with van der Waals surface area (Å²) in [5.74, 6) is -0.411. The number of carboxylic acids is 1. The SMILES string of the molecule is CC.O=C(O)c1ccc(-c2cc(-c3ccc([N+](=O)[O-])cc3)nc(-c3ccco3)c2)cc1. The molecule has 0 bridgehead atoms. The molecule has 2 aromatic carbocycles. The highest BCUT2D eigenvalue weighted by molar-refractivity contribution is 5.88. The Labute approximate surface area is 178 Å². The molecule has 0 saturated heterocycles. The second-order valence-electron chi connectivity index (χ2n) is 6.29. The van der Waals surface area contributed by atoms with E-state index in [0.717, 1.165) is 11.1 Å². The van der Waals surface area contributed by atoms with Gasteiger partial charge in [-0.3, -0.25) is 10.1 Å². The Bertz CT molecular complexity index is 1110. The molecule has 0 atom stereocenters. The normalized spacial score (nSPS) is 10.1. The van der Waals surface area contributed by atoms with Crippen LogP contribution >= 0.6 is 0 Å². The van der Waals surface area contributed by atoms with Crippen LogP contribution in [0, 0.1) is 10.1 Å². The molecule has 156 valence electrons. The van der Waals surface area contributed by atoms with Crippen LogP contribution in [0.2, 0.25) is 0 Å². The molecule has 4 rings (SSSR count). The Balaban J connectivity index is 0.00000132. The second kappa shape index (κ2) is 9.49. The number of non-ortho nitro benzene ring substituents is 1. The Kier molecular flexibility index (Phi) is 6.57. The summed E-state index contributed by atoms with van der Waals surface area (Å²) in [6, 6.07) is 19.9. The van der Waals surface area contributed by atoms with Gasteiger partial charge < -0.3 is 9.52 Å². The van der Waals surface area contributed by atoms with Crippen molar-refractivity contribution >= 4 is 11.7 Å². The molecule has 31 heavy (non-hydrogen) atoms. The average molecular weight is 416 g/mol. The minimum atomic E-state index is -0.992. The fourth-order valence-corrected chi connectivity index (χ4v) is 2.95. The lowest BCUT2D eigenvalue weighted by Crippen LogP contribution is -1.95. The van der Waals surface area contributed by atoms with Crippen molar-refractivity contribution in [3.05, 3.63) is 94.7 Å². The predicted octanol–water partition coefficient (Wildman–Crippen LogP) is 6.31. The number of benzene rings is 2. The molecule has 2 heterocycles. The number of carbonyl (C=O) groups is 1. The van der Waals surface area contributed by atoms with E-state index in [1.807, 2.05) is 26.0 Å². The number of hydrogen-bond donors (Lipinski definition) is 1. The largest absolute Gasteiger partial charge is 0.478 e. The zero-order valence-corrected chi connectivity index (χ0v) is 17.0. The van der Waals surface area contributed by atoms with Crippen molar-refractivity contribution in [1.82, 2.24) is 4.98 Å². The molecule has 7 nitrogen and oxygen atoms in total. The Morgan fingerprint density at radius 2 is 1.52 bits per heavy atom. The molecular formula is C24H20N2O5. The van der Waals surface area contributed by atoms with Gasteiger partial charge in [-0.05, 0) is 59.7 Å². The maximum absolute atomic E-state index is 11.1. The zero-order valence-electron chi connectivity index (χ0n) is 17.0. The number of carboxylic acid groups (broad SMARTS) is 1. The van der Waals surface area contributed by atoms with Gasteiger partial charge >= 0.3 is 5.97 Å². The lowest BCUT2D eigenvalue weighted by Gasteiger charge is -2.09. The third-order valence-electron chi connectivity index (χ3n) is 4.44. The van der Waals surface area contributed by atoms with Crippen molar-refractivity contribution in [2.24, 2.45) is 0 Å². The van der Waals surface area contributed by atoms with Crippen LogP contribution in [0.4, 0.5) is 5.69 Å². The number of furan rings is 1. The summed E-state index contributed by atoms with van der Waals surface area (Å²) in [6.45, 7) is 4.00. The van der Waals surface area contributed by atoms with E-state index in [1.54, 1.807) is 42.7 Å². The average Bonchev–Trinajstić information content (AvgIpc) is 3.35. The molecule has 7 heteroatoms. The number of nitrogens with zero attached hydrogens (tertiary/aromatic N) is 2. The van der Waals surface area contributed by atoms with Gasteiger partial charge in [-0.1, -0.05) is 26.0 Å². The molecule has 0 saturated carbocycles. The van der Waals surface area contributed by atoms with Gasteiger partial charge in [0, 0.05) is 17.7 Å². The molecule has 0 amide bonds. The van der Waals surface area contributed by atoms with Gasteiger partial charge in [0.1, 0.15) is 5.69 Å². The summed E-state index contributed by atoms with van der Waals surface area (Å²) in [6.07, 6.45) is 1.55. The number of pyridine rings is 1. The predicted molar refractivity (Wildman–Crippen MR) is 118 cm³/mol. The van der Waals surface area contributed by atoms with Crippen LogP contribution in [-0.4, -0.2) is 21.0 Å². The molecular weight excluding hydrogens is 396 g/mol. The number of nitro benzene ring substituents is 1. The van der Waals surface area contributed by atoms with Crippen LogP contribution in [0.15, 0.2) is 83.5 Å². The first-order valence-electron chi connectivity index (χ1n) is 9.66.